The molecule has 1 unspecified atom stereocenters. The van der Waals surface area contributed by atoms with Gasteiger partial charge >= 0.3 is 0 Å². The second-order valence-corrected chi connectivity index (χ2v) is 10.00. The van der Waals surface area contributed by atoms with Gasteiger partial charge in [0.15, 0.2) is 0 Å². The van der Waals surface area contributed by atoms with Crippen molar-refractivity contribution in [2.24, 2.45) is 5.92 Å². The molecular weight excluding hydrogens is 466 g/mol. The molecule has 1 heterocycles. The minimum atomic E-state index is -4.06. The van der Waals surface area contributed by atoms with Crippen LogP contribution in [-0.4, -0.2) is 42.0 Å². The standard InChI is InChI=1S/C23H31N3O5S.ClH/c1-31-20-9-11-21(12-10-20)32(29,30)26(17-18-13-15-24-16-14-18)22(23(27)25-28)19-7-5-3-2-4-6-8-19;/h9-16,19,22,28H,2-8,17H2,1H3,(H,25,27);1H. The highest BCUT2D eigenvalue weighted by molar-refractivity contribution is 7.89. The fourth-order valence-electron chi connectivity index (χ4n) is 4.33. The summed E-state index contributed by atoms with van der Waals surface area (Å²) in [5.74, 6) is -0.367. The summed E-state index contributed by atoms with van der Waals surface area (Å²) >= 11 is 0. The van der Waals surface area contributed by atoms with Crippen molar-refractivity contribution in [3.8, 4) is 5.75 Å². The molecule has 3 rings (SSSR count). The quantitative estimate of drug-likeness (QED) is 0.422. The first kappa shape index (κ1) is 27.0. The van der Waals surface area contributed by atoms with E-state index in [-0.39, 0.29) is 29.8 Å². The topological polar surface area (TPSA) is 109 Å². The lowest BCUT2D eigenvalue weighted by Gasteiger charge is -2.35. The first-order valence-corrected chi connectivity index (χ1v) is 12.4. The molecule has 0 spiro atoms. The van der Waals surface area contributed by atoms with E-state index in [2.05, 4.69) is 4.98 Å². The monoisotopic (exact) mass is 497 g/mol. The number of hydrogen-bond donors (Lipinski definition) is 2. The molecule has 1 amide bonds. The SMILES string of the molecule is COc1ccc(S(=O)(=O)N(Cc2ccncc2)C(C(=O)NO)C2CCCCCCC2)cc1.Cl. The number of pyridine rings is 1. The van der Waals surface area contributed by atoms with Crippen LogP contribution in [0.4, 0.5) is 0 Å². The number of hydrogen-bond acceptors (Lipinski definition) is 6. The smallest absolute Gasteiger partial charge is 0.262 e. The Balaban J connectivity index is 0.00000385. The van der Waals surface area contributed by atoms with Crippen molar-refractivity contribution in [2.75, 3.05) is 7.11 Å². The average molecular weight is 498 g/mol. The number of nitrogens with one attached hydrogen (secondary N) is 1. The second kappa shape index (κ2) is 12.9. The Morgan fingerprint density at radius 1 is 1.09 bits per heavy atom. The van der Waals surface area contributed by atoms with Crippen LogP contribution in [0.1, 0.15) is 50.5 Å². The van der Waals surface area contributed by atoms with Crippen LogP contribution in [-0.2, 0) is 21.4 Å². The first-order chi connectivity index (χ1) is 15.5. The van der Waals surface area contributed by atoms with E-state index in [0.717, 1.165) is 44.9 Å². The van der Waals surface area contributed by atoms with Crippen LogP contribution < -0.4 is 10.2 Å². The first-order valence-electron chi connectivity index (χ1n) is 11.0. The van der Waals surface area contributed by atoms with Gasteiger partial charge in [-0.05, 0) is 60.7 Å². The Kier molecular flexibility index (Phi) is 10.6. The maximum atomic E-state index is 13.8. The molecule has 1 fully saturated rings. The number of amides is 1. The third kappa shape index (κ3) is 6.89. The number of hydroxylamine groups is 1. The number of carbonyl (C=O) groups is 1. The lowest BCUT2D eigenvalue weighted by Crippen LogP contribution is -2.52. The lowest BCUT2D eigenvalue weighted by atomic mass is 9.85. The van der Waals surface area contributed by atoms with Gasteiger partial charge in [-0.2, -0.15) is 4.31 Å². The number of benzene rings is 1. The number of methoxy groups -OCH3 is 1. The molecule has 1 atom stereocenters. The Morgan fingerprint density at radius 3 is 2.21 bits per heavy atom. The van der Waals surface area contributed by atoms with Gasteiger partial charge in [0, 0.05) is 18.9 Å². The number of carbonyl (C=O) groups excluding carboxylic acids is 1. The van der Waals surface area contributed by atoms with Crippen molar-refractivity contribution >= 4 is 28.3 Å². The third-order valence-electron chi connectivity index (χ3n) is 6.04. The summed E-state index contributed by atoms with van der Waals surface area (Å²) in [5.41, 5.74) is 2.44. The summed E-state index contributed by atoms with van der Waals surface area (Å²) in [6.07, 6.45) is 9.73. The van der Waals surface area contributed by atoms with E-state index in [1.54, 1.807) is 42.1 Å². The molecule has 0 radical (unpaired) electrons. The molecule has 8 nitrogen and oxygen atoms in total. The molecule has 1 aliphatic carbocycles. The summed E-state index contributed by atoms with van der Waals surface area (Å²) in [4.78, 5) is 17.0. The molecule has 1 aliphatic rings. The zero-order chi connectivity index (χ0) is 23.0. The highest BCUT2D eigenvalue weighted by atomic mass is 35.5. The van der Waals surface area contributed by atoms with Gasteiger partial charge in [-0.3, -0.25) is 15.0 Å². The normalized spacial score (nSPS) is 16.2. The van der Waals surface area contributed by atoms with Gasteiger partial charge in [-0.1, -0.05) is 32.1 Å². The number of halogens is 1. The Morgan fingerprint density at radius 2 is 1.67 bits per heavy atom. The van der Waals surface area contributed by atoms with Crippen molar-refractivity contribution in [2.45, 2.75) is 62.4 Å². The molecule has 2 aromatic rings. The highest BCUT2D eigenvalue weighted by Crippen LogP contribution is 2.32. The van der Waals surface area contributed by atoms with E-state index in [1.807, 2.05) is 0 Å². The maximum absolute atomic E-state index is 13.8. The molecule has 1 aromatic heterocycles. The Hall–Kier alpha value is -2.20. The van der Waals surface area contributed by atoms with Crippen LogP contribution in [0.2, 0.25) is 0 Å². The molecule has 1 saturated carbocycles. The fraction of sp³-hybridized carbons (Fsp3) is 0.478. The summed E-state index contributed by atoms with van der Waals surface area (Å²) < 4.78 is 34.0. The molecule has 182 valence electrons. The Bertz CT molecular complexity index is 965. The zero-order valence-electron chi connectivity index (χ0n) is 18.7. The van der Waals surface area contributed by atoms with Crippen LogP contribution in [0.25, 0.3) is 0 Å². The number of sulfonamides is 1. The second-order valence-electron chi connectivity index (χ2n) is 8.11. The molecule has 33 heavy (non-hydrogen) atoms. The van der Waals surface area contributed by atoms with E-state index in [1.165, 1.54) is 23.5 Å². The van der Waals surface area contributed by atoms with Gasteiger partial charge in [0.25, 0.3) is 5.91 Å². The average Bonchev–Trinajstić information content (AvgIpc) is 2.80. The van der Waals surface area contributed by atoms with Crippen molar-refractivity contribution in [3.63, 3.8) is 0 Å². The van der Waals surface area contributed by atoms with E-state index in [9.17, 15) is 18.4 Å². The van der Waals surface area contributed by atoms with Crippen molar-refractivity contribution < 1.29 is 23.2 Å². The van der Waals surface area contributed by atoms with Crippen molar-refractivity contribution in [1.82, 2.24) is 14.8 Å². The van der Waals surface area contributed by atoms with Gasteiger partial charge in [0.05, 0.1) is 12.0 Å². The largest absolute Gasteiger partial charge is 0.497 e. The summed E-state index contributed by atoms with van der Waals surface area (Å²) in [7, 11) is -2.55. The van der Waals surface area contributed by atoms with Gasteiger partial charge in [-0.25, -0.2) is 13.9 Å². The molecule has 0 bridgehead atoms. The van der Waals surface area contributed by atoms with Crippen molar-refractivity contribution in [1.29, 1.82) is 0 Å². The molecule has 0 saturated heterocycles. The summed E-state index contributed by atoms with van der Waals surface area (Å²) in [6.45, 7) is -0.00846. The number of rotatable bonds is 8. The predicted octanol–water partition coefficient (Wildman–Crippen LogP) is 3.94. The van der Waals surface area contributed by atoms with E-state index < -0.39 is 22.0 Å². The Labute approximate surface area is 201 Å². The van der Waals surface area contributed by atoms with Crippen LogP contribution in [0, 0.1) is 5.92 Å². The predicted molar refractivity (Wildman–Crippen MR) is 127 cm³/mol. The van der Waals surface area contributed by atoms with Crippen LogP contribution in [0.5, 0.6) is 5.75 Å². The zero-order valence-corrected chi connectivity index (χ0v) is 20.4. The van der Waals surface area contributed by atoms with E-state index in [4.69, 9.17) is 4.74 Å². The fourth-order valence-corrected chi connectivity index (χ4v) is 5.97. The maximum Gasteiger partial charge on any atom is 0.262 e. The highest BCUT2D eigenvalue weighted by Gasteiger charge is 2.40. The minimum absolute atomic E-state index is 0. The van der Waals surface area contributed by atoms with Crippen LogP contribution in [0.3, 0.4) is 0 Å². The number of ether oxygens (including phenoxy) is 1. The molecule has 2 N–H and O–H groups in total. The molecule has 0 aliphatic heterocycles. The third-order valence-corrected chi connectivity index (χ3v) is 7.88. The van der Waals surface area contributed by atoms with Gasteiger partial charge < -0.3 is 4.74 Å². The summed E-state index contributed by atoms with van der Waals surface area (Å²) in [5, 5.41) is 9.53. The lowest BCUT2D eigenvalue weighted by molar-refractivity contribution is -0.135. The van der Waals surface area contributed by atoms with Gasteiger partial charge in [0.1, 0.15) is 11.8 Å². The molecule has 1 aromatic carbocycles. The number of nitrogens with zero attached hydrogens (tertiary/aromatic N) is 2. The van der Waals surface area contributed by atoms with Gasteiger partial charge in [-0.15, -0.1) is 12.4 Å². The van der Waals surface area contributed by atoms with Gasteiger partial charge in [0.2, 0.25) is 10.0 Å². The minimum Gasteiger partial charge on any atom is -0.497 e. The summed E-state index contributed by atoms with van der Waals surface area (Å²) in [6, 6.07) is 8.52. The van der Waals surface area contributed by atoms with E-state index in [0.29, 0.717) is 11.3 Å². The molecular formula is C23H32ClN3O5S. The van der Waals surface area contributed by atoms with E-state index >= 15 is 0 Å². The van der Waals surface area contributed by atoms with Crippen LogP contribution in [0.15, 0.2) is 53.7 Å². The molecule has 10 heteroatoms. The number of aromatic nitrogens is 1. The van der Waals surface area contributed by atoms with Crippen molar-refractivity contribution in [3.05, 3.63) is 54.4 Å². The van der Waals surface area contributed by atoms with Crippen LogP contribution >= 0.6 is 12.4 Å².